The predicted octanol–water partition coefficient (Wildman–Crippen LogP) is 4.28. The fraction of sp³-hybridized carbons (Fsp3) is 0.500. The first-order chi connectivity index (χ1) is 8.06. The van der Waals surface area contributed by atoms with Crippen molar-refractivity contribution in [3.05, 3.63) is 28.2 Å². The molecule has 0 aliphatic carbocycles. The number of rotatable bonds is 6. The molecular weight excluding hydrogens is 278 g/mol. The standard InChI is InChI=1S/C14H20BrNO/c1-4-5-6-9-16(3)14-8-7-12(11(2)17)10-13(14)15/h7-8,10H,4-6,9H2,1-3H3. The van der Waals surface area contributed by atoms with Gasteiger partial charge in [0.15, 0.2) is 5.78 Å². The van der Waals surface area contributed by atoms with E-state index in [1.165, 1.54) is 19.3 Å². The maximum Gasteiger partial charge on any atom is 0.159 e. The van der Waals surface area contributed by atoms with Crippen LogP contribution in [0.4, 0.5) is 5.69 Å². The molecule has 1 rings (SSSR count). The van der Waals surface area contributed by atoms with Crippen LogP contribution in [-0.4, -0.2) is 19.4 Å². The minimum atomic E-state index is 0.103. The van der Waals surface area contributed by atoms with Gasteiger partial charge in [-0.15, -0.1) is 0 Å². The Bertz CT molecular complexity index is 390. The first-order valence-corrected chi connectivity index (χ1v) is 6.87. The lowest BCUT2D eigenvalue weighted by Crippen LogP contribution is -2.19. The Morgan fingerprint density at radius 2 is 2.06 bits per heavy atom. The fourth-order valence-corrected chi connectivity index (χ4v) is 2.44. The zero-order valence-corrected chi connectivity index (χ0v) is 12.4. The Morgan fingerprint density at radius 3 is 2.59 bits per heavy atom. The van der Waals surface area contributed by atoms with Gasteiger partial charge in [0.25, 0.3) is 0 Å². The third-order valence-corrected chi connectivity index (χ3v) is 3.50. The number of Topliss-reactive ketones (excluding diaryl/α,β-unsaturated/α-hetero) is 1. The van der Waals surface area contributed by atoms with Crippen molar-refractivity contribution in [2.45, 2.75) is 33.1 Å². The topological polar surface area (TPSA) is 20.3 Å². The van der Waals surface area contributed by atoms with Crippen LogP contribution in [0.2, 0.25) is 0 Å². The van der Waals surface area contributed by atoms with Gasteiger partial charge < -0.3 is 4.90 Å². The maximum absolute atomic E-state index is 11.3. The van der Waals surface area contributed by atoms with Crippen molar-refractivity contribution >= 4 is 27.4 Å². The molecule has 94 valence electrons. The lowest BCUT2D eigenvalue weighted by molar-refractivity contribution is 0.101. The average Bonchev–Trinajstić information content (AvgIpc) is 2.28. The van der Waals surface area contributed by atoms with Gasteiger partial charge >= 0.3 is 0 Å². The van der Waals surface area contributed by atoms with Crippen molar-refractivity contribution in [3.8, 4) is 0 Å². The molecule has 0 fully saturated rings. The molecule has 3 heteroatoms. The van der Waals surface area contributed by atoms with Crippen LogP contribution in [0.15, 0.2) is 22.7 Å². The lowest BCUT2D eigenvalue weighted by Gasteiger charge is -2.21. The second-order valence-corrected chi connectivity index (χ2v) is 5.21. The smallest absolute Gasteiger partial charge is 0.159 e. The molecule has 0 heterocycles. The fourth-order valence-electron chi connectivity index (χ4n) is 1.75. The Kier molecular flexibility index (Phi) is 5.69. The highest BCUT2D eigenvalue weighted by Gasteiger charge is 2.08. The summed E-state index contributed by atoms with van der Waals surface area (Å²) in [5.74, 6) is 0.103. The Labute approximate surface area is 112 Å². The van der Waals surface area contributed by atoms with Crippen molar-refractivity contribution in [2.24, 2.45) is 0 Å². The number of anilines is 1. The molecule has 1 aromatic rings. The molecule has 0 spiro atoms. The summed E-state index contributed by atoms with van der Waals surface area (Å²) >= 11 is 3.53. The number of ketones is 1. The molecule has 0 saturated carbocycles. The molecule has 0 saturated heterocycles. The van der Waals surface area contributed by atoms with Crippen LogP contribution in [0.3, 0.4) is 0 Å². The second kappa shape index (κ2) is 6.80. The highest BCUT2D eigenvalue weighted by atomic mass is 79.9. The van der Waals surface area contributed by atoms with Gasteiger partial charge in [-0.2, -0.15) is 0 Å². The third kappa shape index (κ3) is 4.15. The van der Waals surface area contributed by atoms with E-state index >= 15 is 0 Å². The number of carbonyl (C=O) groups excluding carboxylic acids is 1. The number of halogens is 1. The number of hydrogen-bond acceptors (Lipinski definition) is 2. The number of nitrogens with zero attached hydrogens (tertiary/aromatic N) is 1. The first-order valence-electron chi connectivity index (χ1n) is 6.08. The molecule has 0 aromatic heterocycles. The normalized spacial score (nSPS) is 10.4. The van der Waals surface area contributed by atoms with Gasteiger partial charge in [-0.3, -0.25) is 4.79 Å². The van der Waals surface area contributed by atoms with E-state index in [2.05, 4.69) is 34.8 Å². The molecule has 2 nitrogen and oxygen atoms in total. The van der Waals surface area contributed by atoms with Crippen LogP contribution < -0.4 is 4.90 Å². The molecular formula is C14H20BrNO. The van der Waals surface area contributed by atoms with Gasteiger partial charge in [0, 0.05) is 23.6 Å². The Morgan fingerprint density at radius 1 is 1.35 bits per heavy atom. The van der Waals surface area contributed by atoms with E-state index in [0.717, 1.165) is 22.3 Å². The Balaban J connectivity index is 2.74. The molecule has 0 amide bonds. The van der Waals surface area contributed by atoms with E-state index in [1.807, 2.05) is 18.2 Å². The highest BCUT2D eigenvalue weighted by Crippen LogP contribution is 2.27. The van der Waals surface area contributed by atoms with Gasteiger partial charge in [-0.1, -0.05) is 19.8 Å². The highest BCUT2D eigenvalue weighted by molar-refractivity contribution is 9.10. The summed E-state index contributed by atoms with van der Waals surface area (Å²) in [4.78, 5) is 13.5. The molecule has 0 unspecified atom stereocenters. The zero-order valence-electron chi connectivity index (χ0n) is 10.8. The molecule has 1 aromatic carbocycles. The predicted molar refractivity (Wildman–Crippen MR) is 76.9 cm³/mol. The SMILES string of the molecule is CCCCCN(C)c1ccc(C(C)=O)cc1Br. The van der Waals surface area contributed by atoms with Crippen molar-refractivity contribution in [3.63, 3.8) is 0 Å². The van der Waals surface area contributed by atoms with Crippen LogP contribution >= 0.6 is 15.9 Å². The van der Waals surface area contributed by atoms with Crippen LogP contribution in [0.5, 0.6) is 0 Å². The van der Waals surface area contributed by atoms with Gasteiger partial charge in [-0.05, 0) is 47.5 Å². The summed E-state index contributed by atoms with van der Waals surface area (Å²) < 4.78 is 0.990. The molecule has 0 aliphatic rings. The number of benzene rings is 1. The van der Waals surface area contributed by atoms with Gasteiger partial charge in [-0.25, -0.2) is 0 Å². The van der Waals surface area contributed by atoms with Gasteiger partial charge in [0.05, 0.1) is 5.69 Å². The van der Waals surface area contributed by atoms with E-state index in [0.29, 0.717) is 0 Å². The summed E-state index contributed by atoms with van der Waals surface area (Å²) in [5.41, 5.74) is 1.90. The molecule has 0 aliphatic heterocycles. The lowest BCUT2D eigenvalue weighted by atomic mass is 10.1. The number of unbranched alkanes of at least 4 members (excludes halogenated alkanes) is 2. The van der Waals surface area contributed by atoms with Crippen molar-refractivity contribution in [2.75, 3.05) is 18.5 Å². The quantitative estimate of drug-likeness (QED) is 0.577. The second-order valence-electron chi connectivity index (χ2n) is 4.35. The van der Waals surface area contributed by atoms with Crippen LogP contribution in [0, 0.1) is 0 Å². The third-order valence-electron chi connectivity index (χ3n) is 2.86. The maximum atomic E-state index is 11.3. The summed E-state index contributed by atoms with van der Waals surface area (Å²) in [6.45, 7) is 4.84. The monoisotopic (exact) mass is 297 g/mol. The average molecular weight is 298 g/mol. The molecule has 0 atom stereocenters. The molecule has 0 radical (unpaired) electrons. The Hall–Kier alpha value is -0.830. The summed E-state index contributed by atoms with van der Waals surface area (Å²) in [5, 5.41) is 0. The van der Waals surface area contributed by atoms with Crippen molar-refractivity contribution in [1.29, 1.82) is 0 Å². The minimum absolute atomic E-state index is 0.103. The van der Waals surface area contributed by atoms with Crippen molar-refractivity contribution < 1.29 is 4.79 Å². The zero-order chi connectivity index (χ0) is 12.8. The summed E-state index contributed by atoms with van der Waals surface area (Å²) in [6.07, 6.45) is 3.69. The number of carbonyl (C=O) groups is 1. The largest absolute Gasteiger partial charge is 0.374 e. The number of hydrogen-bond donors (Lipinski definition) is 0. The van der Waals surface area contributed by atoms with E-state index in [1.54, 1.807) is 6.92 Å². The van der Waals surface area contributed by atoms with Crippen LogP contribution in [0.25, 0.3) is 0 Å². The summed E-state index contributed by atoms with van der Waals surface area (Å²) in [6, 6.07) is 5.79. The van der Waals surface area contributed by atoms with Crippen LogP contribution in [-0.2, 0) is 0 Å². The van der Waals surface area contributed by atoms with Gasteiger partial charge in [0.2, 0.25) is 0 Å². The molecule has 0 bridgehead atoms. The van der Waals surface area contributed by atoms with E-state index in [4.69, 9.17) is 0 Å². The summed E-state index contributed by atoms with van der Waals surface area (Å²) in [7, 11) is 2.09. The van der Waals surface area contributed by atoms with Gasteiger partial charge in [0.1, 0.15) is 0 Å². The minimum Gasteiger partial charge on any atom is -0.374 e. The van der Waals surface area contributed by atoms with Crippen molar-refractivity contribution in [1.82, 2.24) is 0 Å². The van der Waals surface area contributed by atoms with E-state index in [9.17, 15) is 4.79 Å². The first kappa shape index (κ1) is 14.2. The van der Waals surface area contributed by atoms with Crippen LogP contribution in [0.1, 0.15) is 43.5 Å². The van der Waals surface area contributed by atoms with E-state index < -0.39 is 0 Å². The molecule has 17 heavy (non-hydrogen) atoms. The van der Waals surface area contributed by atoms with E-state index in [-0.39, 0.29) is 5.78 Å². The molecule has 0 N–H and O–H groups in total.